The highest BCUT2D eigenvalue weighted by Gasteiger charge is 2.27. The van der Waals surface area contributed by atoms with E-state index >= 15 is 0 Å². The lowest BCUT2D eigenvalue weighted by atomic mass is 10.1. The van der Waals surface area contributed by atoms with Gasteiger partial charge in [-0.3, -0.25) is 14.3 Å². The third-order valence-corrected chi connectivity index (χ3v) is 6.49. The predicted octanol–water partition coefficient (Wildman–Crippen LogP) is 4.48. The summed E-state index contributed by atoms with van der Waals surface area (Å²) >= 11 is 3.40. The topological polar surface area (TPSA) is 70.5 Å². The first-order chi connectivity index (χ1) is 15.5. The van der Waals surface area contributed by atoms with Gasteiger partial charge < -0.3 is 10.2 Å². The zero-order valence-electron chi connectivity index (χ0n) is 18.4. The molecule has 1 N–H and O–H groups in total. The van der Waals surface area contributed by atoms with Crippen LogP contribution < -0.4 is 10.9 Å². The average Bonchev–Trinajstić information content (AvgIpc) is 2.82. The third-order valence-electron chi connectivity index (χ3n) is 5.96. The number of nitrogens with one attached hydrogen (secondary N) is 1. The Hall–Kier alpha value is -2.71. The molecule has 1 atom stereocenters. The van der Waals surface area contributed by atoms with Crippen molar-refractivity contribution in [2.75, 3.05) is 31.5 Å². The van der Waals surface area contributed by atoms with Gasteiger partial charge in [0.25, 0.3) is 5.56 Å². The summed E-state index contributed by atoms with van der Waals surface area (Å²) in [4.78, 5) is 34.8. The molecule has 0 aliphatic carbocycles. The van der Waals surface area contributed by atoms with Crippen LogP contribution in [0.5, 0.6) is 0 Å². The fourth-order valence-electron chi connectivity index (χ4n) is 4.16. The highest BCUT2D eigenvalue weighted by molar-refractivity contribution is 9.10. The molecule has 3 aromatic rings. The van der Waals surface area contributed by atoms with Gasteiger partial charge in [-0.2, -0.15) is 0 Å². The minimum absolute atomic E-state index is 0.0180. The van der Waals surface area contributed by atoms with Crippen molar-refractivity contribution in [2.45, 2.75) is 32.9 Å². The maximum Gasteiger partial charge on any atom is 0.321 e. The summed E-state index contributed by atoms with van der Waals surface area (Å²) in [5.41, 5.74) is 1.53. The molecule has 1 saturated heterocycles. The number of piperazine rings is 1. The standard InChI is InChI=1S/C24H28BrN5O2/c1-3-12-30-22(27-21-7-5-4-6-20(21)23(30)31)17(2)28-13-15-29(16-14-28)24(32)26-19-10-8-18(25)9-11-19/h4-11,17H,3,12-16H2,1-2H3,(H,26,32). The number of benzene rings is 2. The molecule has 4 rings (SSSR count). The Morgan fingerprint density at radius 1 is 1.09 bits per heavy atom. The van der Waals surface area contributed by atoms with Gasteiger partial charge in [-0.15, -0.1) is 0 Å². The molecule has 0 bridgehead atoms. The van der Waals surface area contributed by atoms with E-state index in [1.807, 2.05) is 58.0 Å². The Labute approximate surface area is 196 Å². The van der Waals surface area contributed by atoms with Crippen LogP contribution in [-0.4, -0.2) is 51.6 Å². The molecular weight excluding hydrogens is 470 g/mol. The second kappa shape index (κ2) is 9.83. The quantitative estimate of drug-likeness (QED) is 0.563. The van der Waals surface area contributed by atoms with Crippen LogP contribution in [0.3, 0.4) is 0 Å². The van der Waals surface area contributed by atoms with Gasteiger partial charge in [0.15, 0.2) is 0 Å². The Bertz CT molecular complexity index is 1150. The van der Waals surface area contributed by atoms with Crippen LogP contribution in [-0.2, 0) is 6.54 Å². The van der Waals surface area contributed by atoms with Crippen molar-refractivity contribution < 1.29 is 4.79 Å². The van der Waals surface area contributed by atoms with E-state index in [1.165, 1.54) is 0 Å². The number of rotatable bonds is 5. The Morgan fingerprint density at radius 3 is 2.47 bits per heavy atom. The van der Waals surface area contributed by atoms with Gasteiger partial charge in [0.1, 0.15) is 5.82 Å². The van der Waals surface area contributed by atoms with Gasteiger partial charge in [-0.05, 0) is 49.7 Å². The van der Waals surface area contributed by atoms with Crippen molar-refractivity contribution in [3.8, 4) is 0 Å². The average molecular weight is 498 g/mol. The normalized spacial score (nSPS) is 15.7. The number of hydrogen-bond acceptors (Lipinski definition) is 4. The molecule has 1 aromatic heterocycles. The van der Waals surface area contributed by atoms with Crippen LogP contribution in [0.1, 0.15) is 32.1 Å². The SMILES string of the molecule is CCCn1c(C(C)N2CCN(C(=O)Nc3ccc(Br)cc3)CC2)nc2ccccc2c1=O. The Morgan fingerprint density at radius 2 is 1.78 bits per heavy atom. The minimum Gasteiger partial charge on any atom is -0.322 e. The zero-order valence-corrected chi connectivity index (χ0v) is 20.0. The molecule has 8 heteroatoms. The van der Waals surface area contributed by atoms with Crippen molar-refractivity contribution in [3.05, 3.63) is 69.2 Å². The van der Waals surface area contributed by atoms with Crippen LogP contribution in [0.2, 0.25) is 0 Å². The molecule has 32 heavy (non-hydrogen) atoms. The lowest BCUT2D eigenvalue weighted by molar-refractivity contribution is 0.114. The summed E-state index contributed by atoms with van der Waals surface area (Å²) < 4.78 is 2.79. The number of halogens is 1. The maximum atomic E-state index is 13.1. The Balaban J connectivity index is 1.47. The summed E-state index contributed by atoms with van der Waals surface area (Å²) in [5.74, 6) is 0.795. The largest absolute Gasteiger partial charge is 0.322 e. The van der Waals surface area contributed by atoms with Gasteiger partial charge in [0, 0.05) is 42.9 Å². The molecule has 7 nitrogen and oxygen atoms in total. The molecule has 2 aromatic carbocycles. The van der Waals surface area contributed by atoms with Gasteiger partial charge in [0.05, 0.1) is 16.9 Å². The number of carbonyl (C=O) groups excluding carboxylic acids is 1. The molecular formula is C24H28BrN5O2. The second-order valence-electron chi connectivity index (χ2n) is 8.08. The molecule has 2 amide bonds. The van der Waals surface area contributed by atoms with Crippen molar-refractivity contribution >= 4 is 38.6 Å². The molecule has 1 unspecified atom stereocenters. The van der Waals surface area contributed by atoms with Crippen molar-refractivity contribution in [2.24, 2.45) is 0 Å². The van der Waals surface area contributed by atoms with Crippen molar-refractivity contribution in [1.82, 2.24) is 19.4 Å². The number of fused-ring (bicyclic) bond motifs is 1. The summed E-state index contributed by atoms with van der Waals surface area (Å²) in [6, 6.07) is 15.0. The summed E-state index contributed by atoms with van der Waals surface area (Å²) in [6.45, 7) is 7.51. The highest BCUT2D eigenvalue weighted by atomic mass is 79.9. The Kier molecular flexibility index (Phi) is 6.91. The molecule has 1 aliphatic heterocycles. The van der Waals surface area contributed by atoms with Gasteiger partial charge in [-0.1, -0.05) is 35.0 Å². The first kappa shape index (κ1) is 22.5. The zero-order chi connectivity index (χ0) is 22.7. The number of aromatic nitrogens is 2. The molecule has 0 saturated carbocycles. The summed E-state index contributed by atoms with van der Waals surface area (Å²) in [6.07, 6.45) is 0.865. The second-order valence-corrected chi connectivity index (χ2v) is 9.00. The number of para-hydroxylation sites is 1. The number of amides is 2. The third kappa shape index (κ3) is 4.71. The molecule has 0 spiro atoms. The van der Waals surface area contributed by atoms with Crippen LogP contribution in [0.25, 0.3) is 10.9 Å². The monoisotopic (exact) mass is 497 g/mol. The molecule has 168 valence electrons. The van der Waals surface area contributed by atoms with Gasteiger partial charge >= 0.3 is 6.03 Å². The lowest BCUT2D eigenvalue weighted by Gasteiger charge is -2.38. The summed E-state index contributed by atoms with van der Waals surface area (Å²) in [5, 5.41) is 3.62. The number of hydrogen-bond donors (Lipinski definition) is 1. The van der Waals surface area contributed by atoms with E-state index in [-0.39, 0.29) is 17.6 Å². The lowest BCUT2D eigenvalue weighted by Crippen LogP contribution is -2.51. The predicted molar refractivity (Wildman–Crippen MR) is 131 cm³/mol. The van der Waals surface area contributed by atoms with E-state index in [9.17, 15) is 9.59 Å². The van der Waals surface area contributed by atoms with E-state index < -0.39 is 0 Å². The van der Waals surface area contributed by atoms with Gasteiger partial charge in [-0.25, -0.2) is 9.78 Å². The number of anilines is 1. The van der Waals surface area contributed by atoms with Crippen molar-refractivity contribution in [3.63, 3.8) is 0 Å². The highest BCUT2D eigenvalue weighted by Crippen LogP contribution is 2.22. The number of carbonyl (C=O) groups is 1. The van der Waals surface area contributed by atoms with Crippen LogP contribution in [0.4, 0.5) is 10.5 Å². The van der Waals surface area contributed by atoms with Crippen LogP contribution >= 0.6 is 15.9 Å². The van der Waals surface area contributed by atoms with E-state index in [0.717, 1.165) is 41.0 Å². The van der Waals surface area contributed by atoms with Crippen LogP contribution in [0, 0.1) is 0 Å². The first-order valence-electron chi connectivity index (χ1n) is 11.0. The van der Waals surface area contributed by atoms with E-state index in [4.69, 9.17) is 4.98 Å². The first-order valence-corrected chi connectivity index (χ1v) is 11.8. The number of nitrogens with zero attached hydrogens (tertiary/aromatic N) is 4. The van der Waals surface area contributed by atoms with Crippen molar-refractivity contribution in [1.29, 1.82) is 0 Å². The fraction of sp³-hybridized carbons (Fsp3) is 0.375. The molecule has 1 aliphatic rings. The molecule has 0 radical (unpaired) electrons. The minimum atomic E-state index is -0.0913. The van der Waals surface area contributed by atoms with E-state index in [2.05, 4.69) is 40.0 Å². The molecule has 1 fully saturated rings. The maximum absolute atomic E-state index is 13.1. The van der Waals surface area contributed by atoms with E-state index in [1.54, 1.807) is 0 Å². The fourth-order valence-corrected chi connectivity index (χ4v) is 4.42. The van der Waals surface area contributed by atoms with E-state index in [0.29, 0.717) is 25.0 Å². The molecule has 2 heterocycles. The van der Waals surface area contributed by atoms with Gasteiger partial charge in [0.2, 0.25) is 0 Å². The smallest absolute Gasteiger partial charge is 0.321 e. The van der Waals surface area contributed by atoms with Crippen LogP contribution in [0.15, 0.2) is 57.8 Å². The number of urea groups is 1. The summed E-state index contributed by atoms with van der Waals surface area (Å²) in [7, 11) is 0.